The average Bonchev–Trinajstić information content (AvgIpc) is 2.87. The molecule has 3 heteroatoms. The van der Waals surface area contributed by atoms with E-state index in [9.17, 15) is 0 Å². The van der Waals surface area contributed by atoms with Gasteiger partial charge in [0.15, 0.2) is 0 Å². The number of nitrogens with zero attached hydrogens (tertiary/aromatic N) is 1. The van der Waals surface area contributed by atoms with Crippen molar-refractivity contribution >= 4 is 11.3 Å². The first-order valence-electron chi connectivity index (χ1n) is 7.09. The fourth-order valence-corrected chi connectivity index (χ4v) is 4.04. The first kappa shape index (κ1) is 12.8. The van der Waals surface area contributed by atoms with Gasteiger partial charge in [-0.2, -0.15) is 0 Å². The zero-order valence-corrected chi connectivity index (χ0v) is 12.0. The zero-order valence-electron chi connectivity index (χ0n) is 11.1. The largest absolute Gasteiger partial charge is 0.330 e. The Morgan fingerprint density at radius 2 is 2.11 bits per heavy atom. The molecule has 2 N–H and O–H groups in total. The Labute approximate surface area is 118 Å². The van der Waals surface area contributed by atoms with E-state index in [-0.39, 0.29) is 0 Å². The third-order valence-corrected chi connectivity index (χ3v) is 5.03. The summed E-state index contributed by atoms with van der Waals surface area (Å²) in [7, 11) is 0. The summed E-state index contributed by atoms with van der Waals surface area (Å²) in [5.74, 6) is 0.677. The van der Waals surface area contributed by atoms with Crippen LogP contribution in [0.15, 0.2) is 30.3 Å². The molecule has 19 heavy (non-hydrogen) atoms. The van der Waals surface area contributed by atoms with Crippen LogP contribution in [0.5, 0.6) is 0 Å². The van der Waals surface area contributed by atoms with Crippen molar-refractivity contribution in [1.29, 1.82) is 0 Å². The van der Waals surface area contributed by atoms with E-state index in [0.29, 0.717) is 5.92 Å². The minimum Gasteiger partial charge on any atom is -0.330 e. The van der Waals surface area contributed by atoms with Crippen molar-refractivity contribution < 1.29 is 0 Å². The van der Waals surface area contributed by atoms with E-state index in [1.807, 2.05) is 11.3 Å². The SMILES string of the molecule is NCCCc1nc2c(s1)CC(c1ccccc1)CC2. The summed E-state index contributed by atoms with van der Waals surface area (Å²) < 4.78 is 0. The third-order valence-electron chi connectivity index (χ3n) is 3.85. The minimum atomic E-state index is 0.677. The van der Waals surface area contributed by atoms with Crippen LogP contribution in [0, 0.1) is 0 Å². The van der Waals surface area contributed by atoms with Crippen LogP contribution in [0.25, 0.3) is 0 Å². The second-order valence-electron chi connectivity index (χ2n) is 5.22. The fourth-order valence-electron chi connectivity index (χ4n) is 2.80. The molecule has 0 saturated carbocycles. The monoisotopic (exact) mass is 272 g/mol. The number of aromatic nitrogens is 1. The van der Waals surface area contributed by atoms with Crippen molar-refractivity contribution in [2.24, 2.45) is 5.73 Å². The van der Waals surface area contributed by atoms with Crippen LogP contribution >= 0.6 is 11.3 Å². The van der Waals surface area contributed by atoms with Gasteiger partial charge in [-0.15, -0.1) is 11.3 Å². The van der Waals surface area contributed by atoms with Crippen LogP contribution in [0.3, 0.4) is 0 Å². The van der Waals surface area contributed by atoms with Crippen molar-refractivity contribution in [2.45, 2.75) is 38.0 Å². The number of fused-ring (bicyclic) bond motifs is 1. The number of aryl methyl sites for hydroxylation is 2. The molecular formula is C16H20N2S. The van der Waals surface area contributed by atoms with Crippen LogP contribution in [0.2, 0.25) is 0 Å². The highest BCUT2D eigenvalue weighted by Crippen LogP contribution is 2.35. The standard InChI is InChI=1S/C16H20N2S/c17-10-4-7-16-18-14-9-8-13(11-15(14)19-16)12-5-2-1-3-6-12/h1-3,5-6,13H,4,7-11,17H2. The summed E-state index contributed by atoms with van der Waals surface area (Å²) in [5, 5.41) is 1.28. The molecule has 1 aliphatic rings. The van der Waals surface area contributed by atoms with Crippen LogP contribution < -0.4 is 5.73 Å². The quantitative estimate of drug-likeness (QED) is 0.927. The lowest BCUT2D eigenvalue weighted by molar-refractivity contribution is 0.583. The molecule has 2 nitrogen and oxygen atoms in total. The maximum absolute atomic E-state index is 5.57. The molecule has 1 atom stereocenters. The Hall–Kier alpha value is -1.19. The molecule has 0 fully saturated rings. The lowest BCUT2D eigenvalue weighted by atomic mass is 9.85. The summed E-state index contributed by atoms with van der Waals surface area (Å²) in [6.07, 6.45) is 5.63. The predicted molar refractivity (Wildman–Crippen MR) is 80.7 cm³/mol. The van der Waals surface area contributed by atoms with Gasteiger partial charge in [0.1, 0.15) is 0 Å². The molecule has 0 aliphatic heterocycles. The first-order valence-corrected chi connectivity index (χ1v) is 7.91. The molecule has 0 spiro atoms. The molecule has 2 aromatic rings. The van der Waals surface area contributed by atoms with Gasteiger partial charge >= 0.3 is 0 Å². The molecule has 0 bridgehead atoms. The molecule has 1 heterocycles. The number of hydrogen-bond acceptors (Lipinski definition) is 3. The highest BCUT2D eigenvalue weighted by Gasteiger charge is 2.23. The highest BCUT2D eigenvalue weighted by atomic mass is 32.1. The fraction of sp³-hybridized carbons (Fsp3) is 0.438. The van der Waals surface area contributed by atoms with Crippen molar-refractivity contribution in [3.05, 3.63) is 51.5 Å². The van der Waals surface area contributed by atoms with Gasteiger partial charge in [-0.1, -0.05) is 30.3 Å². The van der Waals surface area contributed by atoms with E-state index >= 15 is 0 Å². The number of thiazole rings is 1. The second-order valence-corrected chi connectivity index (χ2v) is 6.39. The zero-order chi connectivity index (χ0) is 13.1. The van der Waals surface area contributed by atoms with E-state index in [4.69, 9.17) is 10.7 Å². The number of hydrogen-bond donors (Lipinski definition) is 1. The Morgan fingerprint density at radius 1 is 1.26 bits per heavy atom. The first-order chi connectivity index (χ1) is 9.36. The molecule has 100 valence electrons. The molecule has 0 saturated heterocycles. The highest BCUT2D eigenvalue weighted by molar-refractivity contribution is 7.11. The lowest BCUT2D eigenvalue weighted by Crippen LogP contribution is -2.11. The van der Waals surface area contributed by atoms with Crippen LogP contribution in [0.1, 0.15) is 39.9 Å². The topological polar surface area (TPSA) is 38.9 Å². The van der Waals surface area contributed by atoms with E-state index < -0.39 is 0 Å². The van der Waals surface area contributed by atoms with E-state index in [1.165, 1.54) is 34.0 Å². The second kappa shape index (κ2) is 5.85. The van der Waals surface area contributed by atoms with Gasteiger partial charge < -0.3 is 5.73 Å². The van der Waals surface area contributed by atoms with Gasteiger partial charge in [-0.25, -0.2) is 4.98 Å². The van der Waals surface area contributed by atoms with E-state index in [0.717, 1.165) is 25.8 Å². The third kappa shape index (κ3) is 2.88. The Bertz CT molecular complexity index is 533. The van der Waals surface area contributed by atoms with Crippen molar-refractivity contribution in [2.75, 3.05) is 6.54 Å². The van der Waals surface area contributed by atoms with Crippen LogP contribution in [0.4, 0.5) is 0 Å². The molecule has 1 aromatic heterocycles. The molecule has 1 aromatic carbocycles. The summed E-state index contributed by atoms with van der Waals surface area (Å²) in [6, 6.07) is 10.9. The van der Waals surface area contributed by atoms with Gasteiger partial charge in [0.05, 0.1) is 10.7 Å². The van der Waals surface area contributed by atoms with Gasteiger partial charge in [-0.3, -0.25) is 0 Å². The van der Waals surface area contributed by atoms with Gasteiger partial charge in [0.25, 0.3) is 0 Å². The number of benzene rings is 1. The Kier molecular flexibility index (Phi) is 3.95. The maximum Gasteiger partial charge on any atom is 0.0931 e. The molecule has 0 amide bonds. The molecule has 3 rings (SSSR count). The summed E-state index contributed by atoms with van der Waals surface area (Å²) >= 11 is 1.91. The smallest absolute Gasteiger partial charge is 0.0931 e. The number of nitrogens with two attached hydrogens (primary N) is 1. The number of rotatable bonds is 4. The van der Waals surface area contributed by atoms with E-state index in [2.05, 4.69) is 30.3 Å². The Morgan fingerprint density at radius 3 is 2.89 bits per heavy atom. The maximum atomic E-state index is 5.57. The van der Waals surface area contributed by atoms with Crippen LogP contribution in [-0.4, -0.2) is 11.5 Å². The summed E-state index contributed by atoms with van der Waals surface area (Å²) in [4.78, 5) is 6.29. The van der Waals surface area contributed by atoms with Crippen molar-refractivity contribution in [3.8, 4) is 0 Å². The predicted octanol–water partition coefficient (Wildman–Crippen LogP) is 3.31. The normalized spacial score (nSPS) is 18.3. The van der Waals surface area contributed by atoms with Crippen molar-refractivity contribution in [3.63, 3.8) is 0 Å². The summed E-state index contributed by atoms with van der Waals surface area (Å²) in [5.41, 5.74) is 8.40. The van der Waals surface area contributed by atoms with Gasteiger partial charge in [-0.05, 0) is 43.7 Å². The van der Waals surface area contributed by atoms with E-state index in [1.54, 1.807) is 0 Å². The van der Waals surface area contributed by atoms with Crippen LogP contribution in [-0.2, 0) is 19.3 Å². The summed E-state index contributed by atoms with van der Waals surface area (Å²) in [6.45, 7) is 0.761. The Balaban J connectivity index is 1.75. The van der Waals surface area contributed by atoms with Gasteiger partial charge in [0.2, 0.25) is 0 Å². The van der Waals surface area contributed by atoms with Gasteiger partial charge in [0, 0.05) is 11.3 Å². The molecule has 0 radical (unpaired) electrons. The average molecular weight is 272 g/mol. The van der Waals surface area contributed by atoms with Crippen molar-refractivity contribution in [1.82, 2.24) is 4.98 Å². The molecular weight excluding hydrogens is 252 g/mol. The molecule has 1 aliphatic carbocycles. The lowest BCUT2D eigenvalue weighted by Gasteiger charge is -2.21. The molecule has 1 unspecified atom stereocenters. The minimum absolute atomic E-state index is 0.677.